The molecule has 0 aliphatic rings. The molecule has 0 saturated heterocycles. The first kappa shape index (κ1) is 22.4. The molecule has 3 amide bonds. The maximum absolute atomic E-state index is 12.5. The molecule has 0 unspecified atom stereocenters. The molecule has 1 aromatic rings. The molecule has 0 aliphatic carbocycles. The van der Waals surface area contributed by atoms with Gasteiger partial charge in [0.15, 0.2) is 0 Å². The summed E-state index contributed by atoms with van der Waals surface area (Å²) < 4.78 is 5.46. The van der Waals surface area contributed by atoms with Crippen LogP contribution in [-0.4, -0.2) is 52.5 Å². The summed E-state index contributed by atoms with van der Waals surface area (Å²) in [6, 6.07) is 3.10. The monoisotopic (exact) mass is 378 g/mol. The Morgan fingerprint density at radius 3 is 2.56 bits per heavy atom. The second-order valence-corrected chi connectivity index (χ2v) is 7.33. The molecule has 1 atom stereocenters. The number of ether oxygens (including phenoxy) is 1. The van der Waals surface area contributed by atoms with E-state index in [4.69, 9.17) is 4.74 Å². The minimum atomic E-state index is -0.597. The number of carbonyl (C=O) groups is 3. The zero-order chi connectivity index (χ0) is 20.4. The van der Waals surface area contributed by atoms with E-state index < -0.39 is 17.7 Å². The number of hydrogen-bond acceptors (Lipinski definition) is 5. The fourth-order valence-electron chi connectivity index (χ4n) is 2.28. The second-order valence-electron chi connectivity index (χ2n) is 7.33. The van der Waals surface area contributed by atoms with Gasteiger partial charge in [-0.3, -0.25) is 14.6 Å². The molecule has 0 aliphatic heterocycles. The highest BCUT2D eigenvalue weighted by atomic mass is 16.6. The van der Waals surface area contributed by atoms with Crippen LogP contribution in [0.25, 0.3) is 0 Å². The molecular formula is C19H30N4O4. The van der Waals surface area contributed by atoms with Crippen molar-refractivity contribution in [3.63, 3.8) is 0 Å². The largest absolute Gasteiger partial charge is 0.444 e. The smallest absolute Gasteiger partial charge is 0.410 e. The average Bonchev–Trinajstić information content (AvgIpc) is 2.56. The van der Waals surface area contributed by atoms with Crippen molar-refractivity contribution in [2.75, 3.05) is 13.1 Å². The molecule has 27 heavy (non-hydrogen) atoms. The highest BCUT2D eigenvalue weighted by Gasteiger charge is 2.22. The number of aromatic nitrogens is 1. The van der Waals surface area contributed by atoms with Crippen LogP contribution in [0, 0.1) is 0 Å². The molecule has 150 valence electrons. The van der Waals surface area contributed by atoms with E-state index in [0.29, 0.717) is 26.1 Å². The van der Waals surface area contributed by atoms with Gasteiger partial charge in [0.2, 0.25) is 11.8 Å². The Labute approximate surface area is 160 Å². The van der Waals surface area contributed by atoms with E-state index in [1.165, 1.54) is 6.92 Å². The van der Waals surface area contributed by atoms with Gasteiger partial charge in [0.05, 0.1) is 6.54 Å². The topological polar surface area (TPSA) is 101 Å². The third kappa shape index (κ3) is 9.58. The predicted molar refractivity (Wildman–Crippen MR) is 102 cm³/mol. The number of carbonyl (C=O) groups excluding carboxylic acids is 3. The first-order valence-corrected chi connectivity index (χ1v) is 9.00. The van der Waals surface area contributed by atoms with E-state index in [0.717, 1.165) is 5.56 Å². The molecule has 2 N–H and O–H groups in total. The minimum absolute atomic E-state index is 0.259. The van der Waals surface area contributed by atoms with Crippen LogP contribution in [-0.2, 0) is 20.9 Å². The lowest BCUT2D eigenvalue weighted by atomic mass is 10.2. The van der Waals surface area contributed by atoms with E-state index in [1.807, 2.05) is 32.9 Å². The molecule has 1 aromatic heterocycles. The van der Waals surface area contributed by atoms with Crippen LogP contribution < -0.4 is 10.6 Å². The standard InChI is InChI=1S/C19H30N4O4/c1-14(22-15(2)24)17(25)21-10-7-11-23(18(26)27-19(3,4)5)13-16-8-6-9-20-12-16/h6,8-9,12,14H,7,10-11,13H2,1-5H3,(H,21,25)(H,22,24)/t14-/m0/s1. The number of hydrogen-bond donors (Lipinski definition) is 2. The SMILES string of the molecule is CC(=O)N[C@@H](C)C(=O)NCCCN(Cc1cccnc1)C(=O)OC(C)(C)C. The lowest BCUT2D eigenvalue weighted by molar-refractivity contribution is -0.127. The van der Waals surface area contributed by atoms with E-state index >= 15 is 0 Å². The van der Waals surface area contributed by atoms with Crippen molar-refractivity contribution in [3.05, 3.63) is 30.1 Å². The lowest BCUT2D eigenvalue weighted by Gasteiger charge is -2.27. The summed E-state index contributed by atoms with van der Waals surface area (Å²) in [5.41, 5.74) is 0.304. The highest BCUT2D eigenvalue weighted by Crippen LogP contribution is 2.12. The van der Waals surface area contributed by atoms with E-state index in [2.05, 4.69) is 15.6 Å². The summed E-state index contributed by atoms with van der Waals surface area (Å²) in [7, 11) is 0. The maximum Gasteiger partial charge on any atom is 0.410 e. The Kier molecular flexibility index (Phi) is 8.71. The van der Waals surface area contributed by atoms with Crippen LogP contribution in [0.1, 0.15) is 46.6 Å². The second kappa shape index (κ2) is 10.5. The maximum atomic E-state index is 12.5. The summed E-state index contributed by atoms with van der Waals surface area (Å²) in [6.45, 7) is 9.60. The van der Waals surface area contributed by atoms with Gasteiger partial charge in [-0.1, -0.05) is 6.07 Å². The van der Waals surface area contributed by atoms with Crippen LogP contribution in [0.3, 0.4) is 0 Å². The Morgan fingerprint density at radius 2 is 2.00 bits per heavy atom. The molecule has 0 fully saturated rings. The van der Waals surface area contributed by atoms with Crippen molar-refractivity contribution in [3.8, 4) is 0 Å². The molecule has 0 bridgehead atoms. The van der Waals surface area contributed by atoms with Crippen molar-refractivity contribution >= 4 is 17.9 Å². The Balaban J connectivity index is 2.57. The molecule has 8 heteroatoms. The lowest BCUT2D eigenvalue weighted by Crippen LogP contribution is -2.45. The average molecular weight is 378 g/mol. The number of amides is 3. The number of nitrogens with zero attached hydrogens (tertiary/aromatic N) is 2. The van der Waals surface area contributed by atoms with Crippen molar-refractivity contribution in [1.29, 1.82) is 0 Å². The van der Waals surface area contributed by atoms with Gasteiger partial charge in [0.1, 0.15) is 11.6 Å². The molecule has 1 heterocycles. The summed E-state index contributed by atoms with van der Waals surface area (Å²) >= 11 is 0. The zero-order valence-electron chi connectivity index (χ0n) is 16.7. The van der Waals surface area contributed by atoms with Gasteiger partial charge in [-0.25, -0.2) is 4.79 Å². The summed E-state index contributed by atoms with van der Waals surface area (Å²) in [5.74, 6) is -0.522. The third-order valence-electron chi connectivity index (χ3n) is 3.47. The fourth-order valence-corrected chi connectivity index (χ4v) is 2.28. The Morgan fingerprint density at radius 1 is 1.30 bits per heavy atom. The predicted octanol–water partition coefficient (Wildman–Crippen LogP) is 1.85. The van der Waals surface area contributed by atoms with Crippen molar-refractivity contribution in [2.24, 2.45) is 0 Å². The van der Waals surface area contributed by atoms with Gasteiger partial charge < -0.3 is 20.3 Å². The van der Waals surface area contributed by atoms with E-state index in [-0.39, 0.29) is 11.8 Å². The van der Waals surface area contributed by atoms with Gasteiger partial charge in [-0.15, -0.1) is 0 Å². The molecular weight excluding hydrogens is 348 g/mol. The third-order valence-corrected chi connectivity index (χ3v) is 3.47. The molecule has 0 spiro atoms. The Bertz CT molecular complexity index is 628. The summed E-state index contributed by atoms with van der Waals surface area (Å²) in [6.07, 6.45) is 3.52. The number of nitrogens with one attached hydrogen (secondary N) is 2. The van der Waals surface area contributed by atoms with Gasteiger partial charge in [0, 0.05) is 32.4 Å². The van der Waals surface area contributed by atoms with Gasteiger partial charge in [0.25, 0.3) is 0 Å². The van der Waals surface area contributed by atoms with Crippen LogP contribution in [0.2, 0.25) is 0 Å². The van der Waals surface area contributed by atoms with Crippen LogP contribution in [0.15, 0.2) is 24.5 Å². The Hall–Kier alpha value is -2.64. The van der Waals surface area contributed by atoms with Crippen LogP contribution >= 0.6 is 0 Å². The van der Waals surface area contributed by atoms with Crippen molar-refractivity contribution < 1.29 is 19.1 Å². The van der Waals surface area contributed by atoms with Crippen LogP contribution in [0.4, 0.5) is 4.79 Å². The first-order valence-electron chi connectivity index (χ1n) is 9.00. The molecule has 0 saturated carbocycles. The van der Waals surface area contributed by atoms with Crippen molar-refractivity contribution in [2.45, 2.75) is 59.2 Å². The van der Waals surface area contributed by atoms with Crippen LogP contribution in [0.5, 0.6) is 0 Å². The fraction of sp³-hybridized carbons (Fsp3) is 0.579. The molecule has 1 rings (SSSR count). The van der Waals surface area contributed by atoms with E-state index in [9.17, 15) is 14.4 Å². The van der Waals surface area contributed by atoms with E-state index in [1.54, 1.807) is 24.2 Å². The molecule has 0 radical (unpaired) electrons. The minimum Gasteiger partial charge on any atom is -0.444 e. The zero-order valence-corrected chi connectivity index (χ0v) is 16.7. The summed E-state index contributed by atoms with van der Waals surface area (Å²) in [5, 5.41) is 5.28. The summed E-state index contributed by atoms with van der Waals surface area (Å²) in [4.78, 5) is 41.0. The number of rotatable bonds is 8. The highest BCUT2D eigenvalue weighted by molar-refractivity contribution is 5.86. The quantitative estimate of drug-likeness (QED) is 0.673. The molecule has 8 nitrogen and oxygen atoms in total. The van der Waals surface area contributed by atoms with Gasteiger partial charge >= 0.3 is 6.09 Å². The first-order chi connectivity index (χ1) is 12.6. The van der Waals surface area contributed by atoms with Crippen molar-refractivity contribution in [1.82, 2.24) is 20.5 Å². The van der Waals surface area contributed by atoms with Gasteiger partial charge in [-0.2, -0.15) is 0 Å². The van der Waals surface area contributed by atoms with Gasteiger partial charge in [-0.05, 0) is 45.7 Å². The normalized spacial score (nSPS) is 12.0. The molecule has 0 aromatic carbocycles. The number of pyridine rings is 1.